The van der Waals surface area contributed by atoms with Gasteiger partial charge in [0.2, 0.25) is 0 Å². The first-order valence-electron chi connectivity index (χ1n) is 12.4. The Bertz CT molecular complexity index is 1430. The third kappa shape index (κ3) is 4.92. The predicted octanol–water partition coefficient (Wildman–Crippen LogP) is 4.15. The van der Waals surface area contributed by atoms with Crippen LogP contribution in [0.25, 0.3) is 0 Å². The molecule has 5 rings (SSSR count). The van der Waals surface area contributed by atoms with Crippen LogP contribution in [-0.4, -0.2) is 53.4 Å². The fourth-order valence-corrected chi connectivity index (χ4v) is 5.45. The molecule has 2 aliphatic heterocycles. The molecular formula is C28H26F4N6O. The molecule has 2 aromatic heterocycles. The van der Waals surface area contributed by atoms with E-state index in [0.29, 0.717) is 5.56 Å². The summed E-state index contributed by atoms with van der Waals surface area (Å²) < 4.78 is 53.7. The van der Waals surface area contributed by atoms with Crippen molar-refractivity contribution in [2.24, 2.45) is 5.41 Å². The van der Waals surface area contributed by atoms with E-state index in [2.05, 4.69) is 31.2 Å². The van der Waals surface area contributed by atoms with Gasteiger partial charge in [-0.2, -0.15) is 14.0 Å². The summed E-state index contributed by atoms with van der Waals surface area (Å²) in [5.74, 6) is -3.80. The van der Waals surface area contributed by atoms with Crippen molar-refractivity contribution in [3.63, 3.8) is 0 Å². The molecule has 7 nitrogen and oxygen atoms in total. The van der Waals surface area contributed by atoms with Crippen LogP contribution in [0.4, 0.5) is 23.2 Å². The van der Waals surface area contributed by atoms with E-state index in [1.807, 2.05) is 13.0 Å². The molecule has 1 N–H and O–H groups in total. The van der Waals surface area contributed by atoms with Gasteiger partial charge in [0.05, 0.1) is 23.1 Å². The molecule has 1 aromatic carbocycles. The highest BCUT2D eigenvalue weighted by atomic mass is 19.3. The molecule has 0 unspecified atom stereocenters. The fourth-order valence-electron chi connectivity index (χ4n) is 5.45. The van der Waals surface area contributed by atoms with Crippen LogP contribution in [0.5, 0.6) is 0 Å². The van der Waals surface area contributed by atoms with Gasteiger partial charge in [-0.1, -0.05) is 12.1 Å². The van der Waals surface area contributed by atoms with Crippen molar-refractivity contribution in [1.29, 1.82) is 5.26 Å². The molecule has 1 spiro atoms. The zero-order valence-electron chi connectivity index (χ0n) is 21.3. The van der Waals surface area contributed by atoms with Gasteiger partial charge in [-0.25, -0.2) is 8.78 Å². The smallest absolute Gasteiger partial charge is 0.315 e. The van der Waals surface area contributed by atoms with Crippen molar-refractivity contribution in [3.05, 3.63) is 89.0 Å². The molecule has 11 heteroatoms. The lowest BCUT2D eigenvalue weighted by atomic mass is 9.71. The number of hydrogen-bond donors (Lipinski definition) is 1. The van der Waals surface area contributed by atoms with Crippen molar-refractivity contribution in [2.45, 2.75) is 31.9 Å². The largest absolute Gasteiger partial charge is 0.369 e. The maximum absolute atomic E-state index is 14.0. The Labute approximate surface area is 223 Å². The summed E-state index contributed by atoms with van der Waals surface area (Å²) in [7, 11) is 0. The number of amides is 1. The summed E-state index contributed by atoms with van der Waals surface area (Å²) in [6, 6.07) is 10.4. The first kappa shape index (κ1) is 26.6. The van der Waals surface area contributed by atoms with Crippen molar-refractivity contribution >= 4 is 11.6 Å². The van der Waals surface area contributed by atoms with Crippen LogP contribution in [0.1, 0.15) is 42.3 Å². The van der Waals surface area contributed by atoms with Crippen LogP contribution < -0.4 is 10.2 Å². The number of likely N-dealkylation sites (tertiary alicyclic amines) is 1. The number of pyridine rings is 2. The summed E-state index contributed by atoms with van der Waals surface area (Å²) in [5, 5.41) is 11.3. The van der Waals surface area contributed by atoms with Crippen molar-refractivity contribution < 1.29 is 22.4 Å². The van der Waals surface area contributed by atoms with E-state index in [1.54, 1.807) is 30.7 Å². The van der Waals surface area contributed by atoms with E-state index < -0.39 is 29.5 Å². The van der Waals surface area contributed by atoms with Gasteiger partial charge in [0.15, 0.2) is 11.6 Å². The average Bonchev–Trinajstić information content (AvgIpc) is 2.88. The van der Waals surface area contributed by atoms with E-state index in [9.17, 15) is 22.4 Å². The number of benzene rings is 1. The highest BCUT2D eigenvalue weighted by Crippen LogP contribution is 2.45. The van der Waals surface area contributed by atoms with Gasteiger partial charge in [-0.05, 0) is 49.2 Å². The number of alkyl halides is 2. The Morgan fingerprint density at radius 1 is 1.08 bits per heavy atom. The number of nitrogens with one attached hydrogen (secondary N) is 1. The predicted molar refractivity (Wildman–Crippen MR) is 135 cm³/mol. The van der Waals surface area contributed by atoms with E-state index in [4.69, 9.17) is 5.26 Å². The van der Waals surface area contributed by atoms with Crippen molar-refractivity contribution in [2.75, 3.05) is 31.1 Å². The molecule has 2 atom stereocenters. The Morgan fingerprint density at radius 2 is 1.82 bits per heavy atom. The molecule has 2 fully saturated rings. The lowest BCUT2D eigenvalue weighted by Gasteiger charge is -2.62. The normalized spacial score (nSPS) is 18.6. The number of hydrogen-bond acceptors (Lipinski definition) is 6. The lowest BCUT2D eigenvalue weighted by molar-refractivity contribution is -0.133. The monoisotopic (exact) mass is 538 g/mol. The Hall–Kier alpha value is -4.04. The number of aromatic nitrogens is 2. The minimum absolute atomic E-state index is 0.0278. The zero-order chi connectivity index (χ0) is 27.9. The zero-order valence-corrected chi connectivity index (χ0v) is 21.3. The number of carbonyl (C=O) groups is 1. The molecule has 0 saturated carbocycles. The van der Waals surface area contributed by atoms with Gasteiger partial charge in [0.1, 0.15) is 11.6 Å². The molecule has 4 heterocycles. The first-order chi connectivity index (χ1) is 18.5. The fraction of sp³-hybridized carbons (Fsp3) is 0.357. The molecule has 0 radical (unpaired) electrons. The maximum Gasteiger partial charge on any atom is 0.315 e. The third-order valence-corrected chi connectivity index (χ3v) is 7.74. The average molecular weight is 539 g/mol. The van der Waals surface area contributed by atoms with Gasteiger partial charge >= 0.3 is 6.43 Å². The topological polar surface area (TPSA) is 85.2 Å². The summed E-state index contributed by atoms with van der Waals surface area (Å²) >= 11 is 0. The SMILES string of the molecule is C[C@@H](c1ccc([C@@](C)(NC(=O)C(F)F)c2ccc(F)c(F)c2)nc1)N1CC2(CN(c3cncc(C#N)c3)C2)C1. The second-order valence-corrected chi connectivity index (χ2v) is 10.5. The number of rotatable bonds is 7. The maximum atomic E-state index is 14.0. The van der Waals surface area contributed by atoms with Crippen LogP contribution in [0.15, 0.2) is 55.0 Å². The molecule has 1 amide bonds. The first-order valence-corrected chi connectivity index (χ1v) is 12.4. The minimum Gasteiger partial charge on any atom is -0.369 e. The van der Waals surface area contributed by atoms with E-state index in [-0.39, 0.29) is 22.7 Å². The molecule has 3 aromatic rings. The Balaban J connectivity index is 1.28. The van der Waals surface area contributed by atoms with Crippen LogP contribution in [-0.2, 0) is 10.3 Å². The molecule has 39 heavy (non-hydrogen) atoms. The molecule has 0 aliphatic carbocycles. The van der Waals surface area contributed by atoms with Gasteiger partial charge < -0.3 is 10.2 Å². The van der Waals surface area contributed by atoms with Crippen molar-refractivity contribution in [3.8, 4) is 6.07 Å². The van der Waals surface area contributed by atoms with E-state index in [0.717, 1.165) is 49.6 Å². The highest BCUT2D eigenvalue weighted by molar-refractivity contribution is 5.80. The summed E-state index contributed by atoms with van der Waals surface area (Å²) in [6.07, 6.45) is 1.63. The molecular weight excluding hydrogens is 512 g/mol. The van der Waals surface area contributed by atoms with Gasteiger partial charge in [-0.3, -0.25) is 19.7 Å². The second kappa shape index (κ2) is 9.93. The summed E-state index contributed by atoms with van der Waals surface area (Å²) in [6.45, 7) is 6.99. The van der Waals surface area contributed by atoms with Gasteiger partial charge in [0, 0.05) is 50.0 Å². The minimum atomic E-state index is -3.29. The summed E-state index contributed by atoms with van der Waals surface area (Å²) in [4.78, 5) is 25.0. The number of carbonyl (C=O) groups excluding carboxylic acids is 1. The van der Waals surface area contributed by atoms with Crippen LogP contribution in [0.3, 0.4) is 0 Å². The quantitative estimate of drug-likeness (QED) is 0.455. The molecule has 2 aliphatic rings. The van der Waals surface area contributed by atoms with Crippen LogP contribution >= 0.6 is 0 Å². The van der Waals surface area contributed by atoms with Crippen LogP contribution in [0, 0.1) is 28.4 Å². The highest BCUT2D eigenvalue weighted by Gasteiger charge is 2.53. The van der Waals surface area contributed by atoms with Crippen molar-refractivity contribution in [1.82, 2.24) is 20.2 Å². The molecule has 0 bridgehead atoms. The summed E-state index contributed by atoms with van der Waals surface area (Å²) in [5.41, 5.74) is 1.22. The Morgan fingerprint density at radius 3 is 2.44 bits per heavy atom. The van der Waals surface area contributed by atoms with Gasteiger partial charge in [0.25, 0.3) is 5.91 Å². The molecule has 202 valence electrons. The third-order valence-electron chi connectivity index (χ3n) is 7.74. The lowest BCUT2D eigenvalue weighted by Crippen LogP contribution is -2.72. The standard InChI is InChI=1S/C28H26F4N6O/c1-17(37-13-28(14-37)15-38(16-28)21-7-18(9-33)10-34-12-21)19-3-6-24(35-11-19)27(2,36-26(39)25(31)32)20-4-5-22(29)23(30)8-20/h3-8,10-12,17,25H,13-16H2,1-2H3,(H,36,39)/t17-,27-/m0/s1. The van der Waals surface area contributed by atoms with Gasteiger partial charge in [-0.15, -0.1) is 0 Å². The number of nitrogens with zero attached hydrogens (tertiary/aromatic N) is 5. The number of nitriles is 1. The Kier molecular flexibility index (Phi) is 6.76. The van der Waals surface area contributed by atoms with E-state index in [1.165, 1.54) is 13.0 Å². The molecule has 2 saturated heterocycles. The second-order valence-electron chi connectivity index (χ2n) is 10.5. The number of anilines is 1. The van der Waals surface area contributed by atoms with E-state index >= 15 is 0 Å². The number of halogens is 4. The van der Waals surface area contributed by atoms with Crippen LogP contribution in [0.2, 0.25) is 0 Å².